The molecule has 0 bridgehead atoms. The van der Waals surface area contributed by atoms with Gasteiger partial charge in [-0.15, -0.1) is 0 Å². The van der Waals surface area contributed by atoms with Crippen molar-refractivity contribution in [2.24, 2.45) is 5.92 Å². The smallest absolute Gasteiger partial charge is 0.119 e. The van der Waals surface area contributed by atoms with Gasteiger partial charge in [-0.25, -0.2) is 0 Å². The zero-order chi connectivity index (χ0) is 15.9. The number of β-amino-alcohol motifs (C(OH)–C–C–N with tert-alkyl or cyclic N) is 1. The first-order chi connectivity index (χ1) is 10.6. The average Bonchev–Trinajstić information content (AvgIpc) is 2.53. The maximum Gasteiger partial charge on any atom is 0.119 e. The van der Waals surface area contributed by atoms with Gasteiger partial charge in [0.05, 0.1) is 17.7 Å². The van der Waals surface area contributed by atoms with Crippen LogP contribution in [0.3, 0.4) is 0 Å². The van der Waals surface area contributed by atoms with Gasteiger partial charge in [-0.3, -0.25) is 0 Å². The van der Waals surface area contributed by atoms with Crippen LogP contribution in [-0.2, 0) is 0 Å². The van der Waals surface area contributed by atoms with E-state index >= 15 is 0 Å². The average molecular weight is 304 g/mol. The van der Waals surface area contributed by atoms with E-state index in [2.05, 4.69) is 11.0 Å². The van der Waals surface area contributed by atoms with Gasteiger partial charge < -0.3 is 19.8 Å². The molecule has 2 rings (SSSR count). The molecular formula is C17H24N2O3. The van der Waals surface area contributed by atoms with Gasteiger partial charge in [0.2, 0.25) is 0 Å². The lowest BCUT2D eigenvalue weighted by Gasteiger charge is -2.35. The Hall–Kier alpha value is -1.61. The van der Waals surface area contributed by atoms with E-state index in [0.717, 1.165) is 25.9 Å². The molecule has 5 nitrogen and oxygen atoms in total. The number of aliphatic hydroxyl groups is 2. The highest BCUT2D eigenvalue weighted by Crippen LogP contribution is 2.20. The zero-order valence-corrected chi connectivity index (χ0v) is 13.0. The molecule has 0 aliphatic carbocycles. The molecule has 0 radical (unpaired) electrons. The highest BCUT2D eigenvalue weighted by Gasteiger charge is 2.24. The minimum absolute atomic E-state index is 0.224. The fourth-order valence-electron chi connectivity index (χ4n) is 2.82. The summed E-state index contributed by atoms with van der Waals surface area (Å²) in [5, 5.41) is 28.5. The number of benzene rings is 1. The summed E-state index contributed by atoms with van der Waals surface area (Å²) in [6.45, 7) is 4.39. The van der Waals surface area contributed by atoms with Crippen LogP contribution in [0.1, 0.15) is 25.3 Å². The lowest BCUT2D eigenvalue weighted by Crippen LogP contribution is -2.44. The molecule has 1 aliphatic rings. The topological polar surface area (TPSA) is 76.7 Å². The number of hydrogen-bond donors (Lipinski definition) is 2. The van der Waals surface area contributed by atoms with Crippen molar-refractivity contribution in [3.8, 4) is 11.8 Å². The van der Waals surface area contributed by atoms with E-state index in [4.69, 9.17) is 10.00 Å². The van der Waals surface area contributed by atoms with Gasteiger partial charge in [0.15, 0.2) is 0 Å². The second-order valence-electron chi connectivity index (χ2n) is 6.00. The van der Waals surface area contributed by atoms with E-state index in [1.165, 1.54) is 0 Å². The van der Waals surface area contributed by atoms with Crippen molar-refractivity contribution >= 4 is 0 Å². The molecule has 1 heterocycles. The maximum atomic E-state index is 10.1. The normalized spacial score (nSPS) is 21.8. The van der Waals surface area contributed by atoms with Crippen molar-refractivity contribution in [1.29, 1.82) is 5.26 Å². The van der Waals surface area contributed by atoms with Crippen LogP contribution >= 0.6 is 0 Å². The molecule has 1 fully saturated rings. The first-order valence-electron chi connectivity index (χ1n) is 7.80. The van der Waals surface area contributed by atoms with Crippen molar-refractivity contribution < 1.29 is 14.9 Å². The van der Waals surface area contributed by atoms with Crippen LogP contribution in [0.25, 0.3) is 0 Å². The Bertz CT molecular complexity index is 496. The molecule has 3 atom stereocenters. The Kier molecular flexibility index (Phi) is 6.20. The predicted molar refractivity (Wildman–Crippen MR) is 83.5 cm³/mol. The number of aliphatic hydroxyl groups excluding tert-OH is 2. The number of ether oxygens (including phenoxy) is 1. The largest absolute Gasteiger partial charge is 0.491 e. The predicted octanol–water partition coefficient (Wildman–Crippen LogP) is 1.39. The number of nitrogens with zero attached hydrogens (tertiary/aromatic N) is 2. The molecule has 1 aromatic carbocycles. The van der Waals surface area contributed by atoms with Crippen LogP contribution in [0.2, 0.25) is 0 Å². The van der Waals surface area contributed by atoms with Crippen LogP contribution < -0.4 is 4.74 Å². The third-order valence-electron chi connectivity index (χ3n) is 4.12. The minimum atomic E-state index is -0.566. The summed E-state index contributed by atoms with van der Waals surface area (Å²) in [6, 6.07) is 8.91. The summed E-state index contributed by atoms with van der Waals surface area (Å²) >= 11 is 0. The molecular weight excluding hydrogens is 280 g/mol. The monoisotopic (exact) mass is 304 g/mol. The quantitative estimate of drug-likeness (QED) is 0.830. The molecule has 1 aromatic rings. The van der Waals surface area contributed by atoms with Crippen LogP contribution in [-0.4, -0.2) is 53.6 Å². The summed E-state index contributed by atoms with van der Waals surface area (Å²) in [5.74, 6) is 0.943. The summed E-state index contributed by atoms with van der Waals surface area (Å²) in [5.41, 5.74) is 0.588. The van der Waals surface area contributed by atoms with E-state index < -0.39 is 6.10 Å². The molecule has 22 heavy (non-hydrogen) atoms. The molecule has 0 spiro atoms. The third kappa shape index (κ3) is 4.99. The molecule has 2 N–H and O–H groups in total. The molecule has 0 amide bonds. The Balaban J connectivity index is 1.75. The van der Waals surface area contributed by atoms with Gasteiger partial charge in [0.1, 0.15) is 18.5 Å². The number of hydrogen-bond acceptors (Lipinski definition) is 5. The molecule has 3 unspecified atom stereocenters. The molecule has 1 aliphatic heterocycles. The van der Waals surface area contributed by atoms with Crippen molar-refractivity contribution in [2.75, 3.05) is 26.2 Å². The molecule has 120 valence electrons. The van der Waals surface area contributed by atoms with Gasteiger partial charge >= 0.3 is 0 Å². The number of rotatable bonds is 6. The van der Waals surface area contributed by atoms with Crippen molar-refractivity contribution in [1.82, 2.24) is 4.90 Å². The number of piperidine rings is 1. The fraction of sp³-hybridized carbons (Fsp3) is 0.588. The highest BCUT2D eigenvalue weighted by atomic mass is 16.5. The van der Waals surface area contributed by atoms with E-state index in [1.54, 1.807) is 24.3 Å². The number of nitriles is 1. The SMILES string of the molecule is CC(O)C1CCCN(CC(O)COc2ccc(C#N)cc2)C1. The molecule has 1 saturated heterocycles. The van der Waals surface area contributed by atoms with Gasteiger partial charge in [-0.05, 0) is 56.5 Å². The first-order valence-corrected chi connectivity index (χ1v) is 7.80. The molecule has 0 aromatic heterocycles. The van der Waals surface area contributed by atoms with Gasteiger partial charge in [-0.2, -0.15) is 5.26 Å². The van der Waals surface area contributed by atoms with Gasteiger partial charge in [0.25, 0.3) is 0 Å². The van der Waals surface area contributed by atoms with Crippen molar-refractivity contribution in [3.05, 3.63) is 29.8 Å². The van der Waals surface area contributed by atoms with Crippen LogP contribution in [0.15, 0.2) is 24.3 Å². The number of likely N-dealkylation sites (tertiary alicyclic amines) is 1. The standard InChI is InChI=1S/C17H24N2O3/c1-13(20)15-3-2-8-19(10-15)11-16(21)12-22-17-6-4-14(9-18)5-7-17/h4-7,13,15-16,20-21H,2-3,8,10-12H2,1H3. The van der Waals surface area contributed by atoms with E-state index in [9.17, 15) is 10.2 Å². The Labute approximate surface area is 131 Å². The minimum Gasteiger partial charge on any atom is -0.491 e. The Morgan fingerprint density at radius 2 is 2.09 bits per heavy atom. The maximum absolute atomic E-state index is 10.1. The van der Waals surface area contributed by atoms with Gasteiger partial charge in [0, 0.05) is 13.1 Å². The van der Waals surface area contributed by atoms with Crippen LogP contribution in [0, 0.1) is 17.2 Å². The Morgan fingerprint density at radius 3 is 2.73 bits per heavy atom. The molecule has 0 saturated carbocycles. The van der Waals surface area contributed by atoms with Crippen molar-refractivity contribution in [3.63, 3.8) is 0 Å². The fourth-order valence-corrected chi connectivity index (χ4v) is 2.82. The van der Waals surface area contributed by atoms with Crippen LogP contribution in [0.4, 0.5) is 0 Å². The summed E-state index contributed by atoms with van der Waals surface area (Å²) < 4.78 is 5.55. The van der Waals surface area contributed by atoms with Crippen LogP contribution in [0.5, 0.6) is 5.75 Å². The van der Waals surface area contributed by atoms with E-state index in [1.807, 2.05) is 6.92 Å². The zero-order valence-electron chi connectivity index (χ0n) is 13.0. The summed E-state index contributed by atoms with van der Waals surface area (Å²) in [6.07, 6.45) is 1.24. The van der Waals surface area contributed by atoms with Crippen molar-refractivity contribution in [2.45, 2.75) is 32.0 Å². The second kappa shape index (κ2) is 8.14. The highest BCUT2D eigenvalue weighted by molar-refractivity contribution is 5.34. The molecule has 5 heteroatoms. The summed E-state index contributed by atoms with van der Waals surface area (Å²) in [4.78, 5) is 2.19. The van der Waals surface area contributed by atoms with Gasteiger partial charge in [-0.1, -0.05) is 0 Å². The van der Waals surface area contributed by atoms with E-state index in [0.29, 0.717) is 23.8 Å². The first kappa shape index (κ1) is 16.8. The lowest BCUT2D eigenvalue weighted by atomic mass is 9.93. The van der Waals surface area contributed by atoms with E-state index in [-0.39, 0.29) is 12.7 Å². The third-order valence-corrected chi connectivity index (χ3v) is 4.12. The summed E-state index contributed by atoms with van der Waals surface area (Å²) in [7, 11) is 0. The lowest BCUT2D eigenvalue weighted by molar-refractivity contribution is 0.0244. The Morgan fingerprint density at radius 1 is 1.36 bits per heavy atom. The second-order valence-corrected chi connectivity index (χ2v) is 6.00.